The molecule has 1 atom stereocenters. The molecule has 1 saturated carbocycles. The van der Waals surface area contributed by atoms with Crippen molar-refractivity contribution in [3.8, 4) is 11.1 Å². The lowest BCUT2D eigenvalue weighted by molar-refractivity contribution is -0.166. The van der Waals surface area contributed by atoms with E-state index in [2.05, 4.69) is 48.6 Å². The number of aryl methyl sites for hydroxylation is 1. The molecule has 0 spiro atoms. The van der Waals surface area contributed by atoms with Gasteiger partial charge in [-0.25, -0.2) is 0 Å². The van der Waals surface area contributed by atoms with E-state index in [1.54, 1.807) is 4.90 Å². The molecule has 2 fully saturated rings. The first-order chi connectivity index (χ1) is 14.5. The van der Waals surface area contributed by atoms with Crippen molar-refractivity contribution in [2.75, 3.05) is 19.7 Å². The molecule has 2 aromatic carbocycles. The Labute approximate surface area is 178 Å². The van der Waals surface area contributed by atoms with E-state index in [1.165, 1.54) is 5.56 Å². The van der Waals surface area contributed by atoms with Crippen molar-refractivity contribution < 1.29 is 14.3 Å². The van der Waals surface area contributed by atoms with Crippen LogP contribution in [-0.4, -0.2) is 48.1 Å². The van der Waals surface area contributed by atoms with Crippen LogP contribution in [-0.2, 0) is 20.7 Å². The minimum absolute atomic E-state index is 0.0651. The monoisotopic (exact) mass is 406 g/mol. The third-order valence-electron chi connectivity index (χ3n) is 5.97. The predicted molar refractivity (Wildman–Crippen MR) is 117 cm³/mol. The standard InChI is InChI=1S/C25H30N2O3/c1-3-23(28)27-13-14-30-25(17-27,24(29)26-22-11-12-22)16-19-5-4-6-21(15-19)20-9-7-18(2)8-10-20/h4-10,15,22H,3,11-14,16-17H2,1-2H3,(H,26,29). The number of nitrogens with zero attached hydrogens (tertiary/aromatic N) is 1. The molecule has 0 aromatic heterocycles. The largest absolute Gasteiger partial charge is 0.361 e. The fourth-order valence-corrected chi connectivity index (χ4v) is 4.03. The zero-order chi connectivity index (χ0) is 21.1. The Kier molecular flexibility index (Phi) is 5.91. The Morgan fingerprint density at radius 2 is 1.90 bits per heavy atom. The summed E-state index contributed by atoms with van der Waals surface area (Å²) in [5.74, 6) is -0.0327. The second-order valence-electron chi connectivity index (χ2n) is 8.50. The summed E-state index contributed by atoms with van der Waals surface area (Å²) in [6, 6.07) is 16.9. The van der Waals surface area contributed by atoms with Crippen LogP contribution in [0.1, 0.15) is 37.3 Å². The second kappa shape index (κ2) is 8.60. The van der Waals surface area contributed by atoms with E-state index in [0.717, 1.165) is 29.5 Å². The van der Waals surface area contributed by atoms with E-state index in [1.807, 2.05) is 19.1 Å². The molecule has 5 heteroatoms. The highest BCUT2D eigenvalue weighted by molar-refractivity contribution is 5.88. The van der Waals surface area contributed by atoms with Crippen molar-refractivity contribution in [3.63, 3.8) is 0 Å². The summed E-state index contributed by atoms with van der Waals surface area (Å²) in [6.45, 7) is 5.14. The summed E-state index contributed by atoms with van der Waals surface area (Å²) in [5, 5.41) is 3.11. The van der Waals surface area contributed by atoms with Crippen LogP contribution in [0.15, 0.2) is 48.5 Å². The number of hydrogen-bond donors (Lipinski definition) is 1. The number of morpholine rings is 1. The summed E-state index contributed by atoms with van der Waals surface area (Å²) < 4.78 is 6.14. The van der Waals surface area contributed by atoms with Gasteiger partial charge in [-0.3, -0.25) is 9.59 Å². The van der Waals surface area contributed by atoms with Gasteiger partial charge < -0.3 is 15.0 Å². The number of amides is 2. The molecular weight excluding hydrogens is 376 g/mol. The Balaban J connectivity index is 1.61. The van der Waals surface area contributed by atoms with Crippen molar-refractivity contribution in [1.82, 2.24) is 10.2 Å². The van der Waals surface area contributed by atoms with Gasteiger partial charge in [0, 0.05) is 25.4 Å². The van der Waals surface area contributed by atoms with Crippen molar-refractivity contribution in [1.29, 1.82) is 0 Å². The van der Waals surface area contributed by atoms with E-state index in [0.29, 0.717) is 32.5 Å². The number of rotatable bonds is 6. The average Bonchev–Trinajstić information content (AvgIpc) is 3.58. The number of ether oxygens (including phenoxy) is 1. The van der Waals surface area contributed by atoms with Gasteiger partial charge in [-0.2, -0.15) is 0 Å². The highest BCUT2D eigenvalue weighted by atomic mass is 16.5. The fraction of sp³-hybridized carbons (Fsp3) is 0.440. The fourth-order valence-electron chi connectivity index (χ4n) is 4.03. The third-order valence-corrected chi connectivity index (χ3v) is 5.97. The van der Waals surface area contributed by atoms with E-state index in [-0.39, 0.29) is 17.9 Å². The third kappa shape index (κ3) is 4.57. The summed E-state index contributed by atoms with van der Waals surface area (Å²) >= 11 is 0. The highest BCUT2D eigenvalue weighted by Crippen LogP contribution is 2.29. The number of carbonyl (C=O) groups is 2. The van der Waals surface area contributed by atoms with Gasteiger partial charge in [-0.05, 0) is 36.5 Å². The molecule has 0 radical (unpaired) electrons. The van der Waals surface area contributed by atoms with Gasteiger partial charge in [0.25, 0.3) is 5.91 Å². The molecule has 158 valence electrons. The number of benzene rings is 2. The Bertz CT molecular complexity index is 920. The van der Waals surface area contributed by atoms with Crippen LogP contribution in [0.4, 0.5) is 0 Å². The SMILES string of the molecule is CCC(=O)N1CCOC(Cc2cccc(-c3ccc(C)cc3)c2)(C(=O)NC2CC2)C1. The molecule has 1 unspecified atom stereocenters. The second-order valence-corrected chi connectivity index (χ2v) is 8.50. The lowest BCUT2D eigenvalue weighted by atomic mass is 9.89. The maximum absolute atomic E-state index is 13.2. The minimum atomic E-state index is -1.04. The molecule has 5 nitrogen and oxygen atoms in total. The van der Waals surface area contributed by atoms with Crippen molar-refractivity contribution in [2.45, 2.75) is 51.2 Å². The van der Waals surface area contributed by atoms with Crippen molar-refractivity contribution >= 4 is 11.8 Å². The molecule has 4 rings (SSSR count). The van der Waals surface area contributed by atoms with E-state index >= 15 is 0 Å². The minimum Gasteiger partial charge on any atom is -0.361 e. The first-order valence-corrected chi connectivity index (χ1v) is 10.9. The van der Waals surface area contributed by atoms with Crippen LogP contribution >= 0.6 is 0 Å². The van der Waals surface area contributed by atoms with Gasteiger partial charge in [0.2, 0.25) is 5.91 Å². The van der Waals surface area contributed by atoms with Crippen LogP contribution < -0.4 is 5.32 Å². The number of carbonyl (C=O) groups excluding carboxylic acids is 2. The summed E-state index contributed by atoms with van der Waals surface area (Å²) in [5.41, 5.74) is 3.47. The van der Waals surface area contributed by atoms with Crippen LogP contribution in [0.3, 0.4) is 0 Å². The molecule has 1 N–H and O–H groups in total. The highest BCUT2D eigenvalue weighted by Gasteiger charge is 2.46. The Morgan fingerprint density at radius 1 is 1.13 bits per heavy atom. The normalized spacial score (nSPS) is 21.3. The first-order valence-electron chi connectivity index (χ1n) is 10.9. The van der Waals surface area contributed by atoms with E-state index in [9.17, 15) is 9.59 Å². The molecular formula is C25H30N2O3. The lowest BCUT2D eigenvalue weighted by Crippen LogP contribution is -2.62. The molecule has 2 aliphatic rings. The molecule has 1 heterocycles. The van der Waals surface area contributed by atoms with Crippen LogP contribution in [0.5, 0.6) is 0 Å². The molecule has 30 heavy (non-hydrogen) atoms. The average molecular weight is 407 g/mol. The van der Waals surface area contributed by atoms with Gasteiger partial charge in [-0.1, -0.05) is 61.0 Å². The molecule has 0 bridgehead atoms. The number of nitrogens with one attached hydrogen (secondary N) is 1. The van der Waals surface area contributed by atoms with Crippen LogP contribution in [0, 0.1) is 6.92 Å². The quantitative estimate of drug-likeness (QED) is 0.799. The van der Waals surface area contributed by atoms with Gasteiger partial charge in [0.15, 0.2) is 5.60 Å². The Morgan fingerprint density at radius 3 is 2.60 bits per heavy atom. The molecule has 1 saturated heterocycles. The molecule has 2 aromatic rings. The van der Waals surface area contributed by atoms with Gasteiger partial charge in [0.05, 0.1) is 13.2 Å². The molecule has 1 aliphatic heterocycles. The molecule has 1 aliphatic carbocycles. The van der Waals surface area contributed by atoms with E-state index in [4.69, 9.17) is 4.74 Å². The van der Waals surface area contributed by atoms with Gasteiger partial charge >= 0.3 is 0 Å². The first kappa shape index (κ1) is 20.6. The number of hydrogen-bond acceptors (Lipinski definition) is 3. The van der Waals surface area contributed by atoms with Gasteiger partial charge in [0.1, 0.15) is 0 Å². The summed E-state index contributed by atoms with van der Waals surface area (Å²) in [4.78, 5) is 27.4. The van der Waals surface area contributed by atoms with Crippen LogP contribution in [0.25, 0.3) is 11.1 Å². The van der Waals surface area contributed by atoms with Crippen molar-refractivity contribution in [2.24, 2.45) is 0 Å². The smallest absolute Gasteiger partial charge is 0.254 e. The molecule has 2 amide bonds. The topological polar surface area (TPSA) is 58.6 Å². The van der Waals surface area contributed by atoms with Gasteiger partial charge in [-0.15, -0.1) is 0 Å². The summed E-state index contributed by atoms with van der Waals surface area (Å²) in [7, 11) is 0. The van der Waals surface area contributed by atoms with E-state index < -0.39 is 5.60 Å². The zero-order valence-electron chi connectivity index (χ0n) is 17.8. The van der Waals surface area contributed by atoms with Crippen LogP contribution in [0.2, 0.25) is 0 Å². The lowest BCUT2D eigenvalue weighted by Gasteiger charge is -2.41. The maximum Gasteiger partial charge on any atom is 0.254 e. The Hall–Kier alpha value is -2.66. The maximum atomic E-state index is 13.2. The van der Waals surface area contributed by atoms with Crippen molar-refractivity contribution in [3.05, 3.63) is 59.7 Å². The zero-order valence-corrected chi connectivity index (χ0v) is 17.8. The predicted octanol–water partition coefficient (Wildman–Crippen LogP) is 3.49. The summed E-state index contributed by atoms with van der Waals surface area (Å²) in [6.07, 6.45) is 2.91.